The zero-order valence-corrected chi connectivity index (χ0v) is 14.0. The second-order valence-electron chi connectivity index (χ2n) is 6.25. The molecule has 1 N–H and O–H groups in total. The minimum atomic E-state index is 0.181. The van der Waals surface area contributed by atoms with Gasteiger partial charge in [-0.1, -0.05) is 25.8 Å². The molecule has 1 rings (SSSR count). The average molecular weight is 279 g/mol. The van der Waals surface area contributed by atoms with Gasteiger partial charge < -0.3 is 5.32 Å². The van der Waals surface area contributed by atoms with Gasteiger partial charge in [-0.3, -0.25) is 0 Å². The zero-order valence-electron chi connectivity index (χ0n) is 13.2. The second-order valence-corrected chi connectivity index (χ2v) is 7.42. The molecule has 0 amide bonds. The summed E-state index contributed by atoms with van der Waals surface area (Å²) in [5.74, 6) is 1.24. The summed E-state index contributed by atoms with van der Waals surface area (Å²) in [6, 6.07) is 6.87. The van der Waals surface area contributed by atoms with E-state index in [-0.39, 0.29) is 5.54 Å². The van der Waals surface area contributed by atoms with Crippen LogP contribution >= 0.6 is 11.8 Å². The Morgan fingerprint density at radius 1 is 1.16 bits per heavy atom. The van der Waals surface area contributed by atoms with Crippen LogP contribution in [-0.2, 0) is 6.54 Å². The lowest BCUT2D eigenvalue weighted by Crippen LogP contribution is -2.35. The SMILES string of the molecule is CCCCCSc1ccc(CNC(C)(C)C)c(C)c1. The topological polar surface area (TPSA) is 12.0 Å². The van der Waals surface area contributed by atoms with Crippen LogP contribution in [0.4, 0.5) is 0 Å². The van der Waals surface area contributed by atoms with Crippen molar-refractivity contribution in [2.45, 2.75) is 70.9 Å². The van der Waals surface area contributed by atoms with Crippen LogP contribution < -0.4 is 5.32 Å². The van der Waals surface area contributed by atoms with Crippen molar-refractivity contribution in [3.8, 4) is 0 Å². The van der Waals surface area contributed by atoms with Gasteiger partial charge in [-0.2, -0.15) is 0 Å². The fourth-order valence-electron chi connectivity index (χ4n) is 1.86. The van der Waals surface area contributed by atoms with E-state index in [0.717, 1.165) is 6.54 Å². The van der Waals surface area contributed by atoms with Gasteiger partial charge in [0.25, 0.3) is 0 Å². The Balaban J connectivity index is 2.49. The second kappa shape index (κ2) is 7.96. The molecular weight excluding hydrogens is 250 g/mol. The molecule has 0 radical (unpaired) electrons. The summed E-state index contributed by atoms with van der Waals surface area (Å²) >= 11 is 1.99. The highest BCUT2D eigenvalue weighted by molar-refractivity contribution is 7.99. The number of unbranched alkanes of at least 4 members (excludes halogenated alkanes) is 2. The van der Waals surface area contributed by atoms with Crippen molar-refractivity contribution in [2.24, 2.45) is 0 Å². The van der Waals surface area contributed by atoms with Crippen molar-refractivity contribution in [2.75, 3.05) is 5.75 Å². The van der Waals surface area contributed by atoms with E-state index in [4.69, 9.17) is 0 Å². The molecule has 0 unspecified atom stereocenters. The first kappa shape index (κ1) is 16.6. The van der Waals surface area contributed by atoms with Crippen molar-refractivity contribution in [3.63, 3.8) is 0 Å². The van der Waals surface area contributed by atoms with Crippen molar-refractivity contribution in [3.05, 3.63) is 29.3 Å². The predicted molar refractivity (Wildman–Crippen MR) is 88.0 cm³/mol. The van der Waals surface area contributed by atoms with Crippen LogP contribution in [0.5, 0.6) is 0 Å². The van der Waals surface area contributed by atoms with Crippen LogP contribution in [0, 0.1) is 6.92 Å². The van der Waals surface area contributed by atoms with E-state index in [2.05, 4.69) is 58.1 Å². The molecule has 1 nitrogen and oxygen atoms in total. The summed E-state index contributed by atoms with van der Waals surface area (Å²) in [7, 11) is 0. The van der Waals surface area contributed by atoms with Crippen LogP contribution in [0.2, 0.25) is 0 Å². The molecule has 1 aromatic rings. The first-order valence-electron chi connectivity index (χ1n) is 7.40. The van der Waals surface area contributed by atoms with Crippen LogP contribution in [0.25, 0.3) is 0 Å². The Morgan fingerprint density at radius 2 is 1.89 bits per heavy atom. The minimum absolute atomic E-state index is 0.181. The third-order valence-corrected chi connectivity index (χ3v) is 4.22. The Kier molecular flexibility index (Phi) is 6.95. The van der Waals surface area contributed by atoms with Crippen molar-refractivity contribution in [1.82, 2.24) is 5.32 Å². The van der Waals surface area contributed by atoms with Gasteiger partial charge in [0.05, 0.1) is 0 Å². The van der Waals surface area contributed by atoms with Gasteiger partial charge in [0.2, 0.25) is 0 Å². The maximum absolute atomic E-state index is 3.55. The van der Waals surface area contributed by atoms with Crippen molar-refractivity contribution < 1.29 is 0 Å². The van der Waals surface area contributed by atoms with E-state index in [1.54, 1.807) is 0 Å². The van der Waals surface area contributed by atoms with E-state index in [0.29, 0.717) is 0 Å². The largest absolute Gasteiger partial charge is 0.308 e. The number of thioether (sulfide) groups is 1. The minimum Gasteiger partial charge on any atom is -0.308 e. The molecule has 1 aromatic carbocycles. The normalized spacial score (nSPS) is 11.8. The van der Waals surface area contributed by atoms with Gasteiger partial charge in [0.1, 0.15) is 0 Å². The van der Waals surface area contributed by atoms with E-state index >= 15 is 0 Å². The highest BCUT2D eigenvalue weighted by Gasteiger charge is 2.09. The summed E-state index contributed by atoms with van der Waals surface area (Å²) in [6.07, 6.45) is 3.98. The molecule has 0 heterocycles. The summed E-state index contributed by atoms with van der Waals surface area (Å²) in [4.78, 5) is 1.41. The van der Waals surface area contributed by atoms with Crippen LogP contribution in [-0.4, -0.2) is 11.3 Å². The Hall–Kier alpha value is -0.470. The van der Waals surface area contributed by atoms with Gasteiger partial charge in [-0.25, -0.2) is 0 Å². The lowest BCUT2D eigenvalue weighted by atomic mass is 10.1. The van der Waals surface area contributed by atoms with E-state index in [1.807, 2.05) is 11.8 Å². The fraction of sp³-hybridized carbons (Fsp3) is 0.647. The summed E-state index contributed by atoms with van der Waals surface area (Å²) < 4.78 is 0. The van der Waals surface area contributed by atoms with Gasteiger partial charge in [-0.05, 0) is 63.1 Å². The number of hydrogen-bond donors (Lipinski definition) is 1. The third kappa shape index (κ3) is 7.03. The monoisotopic (exact) mass is 279 g/mol. The van der Waals surface area contributed by atoms with Gasteiger partial charge in [0, 0.05) is 17.0 Å². The molecule has 0 aliphatic rings. The Bertz CT molecular complexity index is 379. The van der Waals surface area contributed by atoms with Crippen LogP contribution in [0.1, 0.15) is 58.1 Å². The highest BCUT2D eigenvalue weighted by Crippen LogP contribution is 2.23. The summed E-state index contributed by atoms with van der Waals surface area (Å²) in [5.41, 5.74) is 2.99. The fourth-order valence-corrected chi connectivity index (χ4v) is 2.87. The van der Waals surface area contributed by atoms with Gasteiger partial charge in [0.15, 0.2) is 0 Å². The lowest BCUT2D eigenvalue weighted by molar-refractivity contribution is 0.424. The molecule has 0 bridgehead atoms. The van der Waals surface area contributed by atoms with Gasteiger partial charge >= 0.3 is 0 Å². The first-order chi connectivity index (χ1) is 8.92. The Labute approximate surface area is 123 Å². The Morgan fingerprint density at radius 3 is 2.47 bits per heavy atom. The average Bonchev–Trinajstić information content (AvgIpc) is 2.32. The van der Waals surface area contributed by atoms with E-state index in [9.17, 15) is 0 Å². The quantitative estimate of drug-likeness (QED) is 0.546. The third-order valence-electron chi connectivity index (χ3n) is 3.14. The molecule has 0 saturated heterocycles. The zero-order chi connectivity index (χ0) is 14.3. The van der Waals surface area contributed by atoms with Crippen LogP contribution in [0.3, 0.4) is 0 Å². The smallest absolute Gasteiger partial charge is 0.0212 e. The summed E-state index contributed by atoms with van der Waals surface area (Å²) in [5, 5.41) is 3.55. The standard InChI is InChI=1S/C17H29NS/c1-6-7-8-11-19-16-10-9-15(14(2)12-16)13-18-17(3,4)5/h9-10,12,18H,6-8,11,13H2,1-5H3. The molecule has 0 atom stereocenters. The maximum Gasteiger partial charge on any atom is 0.0212 e. The lowest BCUT2D eigenvalue weighted by Gasteiger charge is -2.21. The molecule has 0 saturated carbocycles. The molecule has 0 spiro atoms. The number of aryl methyl sites for hydroxylation is 1. The molecule has 2 heteroatoms. The van der Waals surface area contributed by atoms with Crippen molar-refractivity contribution in [1.29, 1.82) is 0 Å². The maximum atomic E-state index is 3.55. The molecular formula is C17H29NS. The van der Waals surface area contributed by atoms with E-state index in [1.165, 1.54) is 41.0 Å². The van der Waals surface area contributed by atoms with Crippen LogP contribution in [0.15, 0.2) is 23.1 Å². The highest BCUT2D eigenvalue weighted by atomic mass is 32.2. The molecule has 0 fully saturated rings. The first-order valence-corrected chi connectivity index (χ1v) is 8.38. The molecule has 0 aromatic heterocycles. The number of hydrogen-bond acceptors (Lipinski definition) is 2. The summed E-state index contributed by atoms with van der Waals surface area (Å²) in [6.45, 7) is 12.1. The van der Waals surface area contributed by atoms with E-state index < -0.39 is 0 Å². The molecule has 0 aliphatic heterocycles. The molecule has 0 aliphatic carbocycles. The number of benzene rings is 1. The van der Waals surface area contributed by atoms with Crippen molar-refractivity contribution >= 4 is 11.8 Å². The van der Waals surface area contributed by atoms with Gasteiger partial charge in [-0.15, -0.1) is 11.8 Å². The number of nitrogens with one attached hydrogen (secondary N) is 1. The predicted octanol–water partition coefficient (Wildman–Crippen LogP) is 5.17. The number of rotatable bonds is 7. The molecule has 19 heavy (non-hydrogen) atoms. The molecule has 108 valence electrons.